The van der Waals surface area contributed by atoms with Crippen LogP contribution in [0.25, 0.3) is 0 Å². The third-order valence-electron chi connectivity index (χ3n) is 2.79. The number of carbonyl (C=O) groups is 1. The van der Waals surface area contributed by atoms with Crippen molar-refractivity contribution in [2.75, 3.05) is 33.0 Å². The first-order chi connectivity index (χ1) is 10.9. The van der Waals surface area contributed by atoms with Gasteiger partial charge in [-0.2, -0.15) is 0 Å². The summed E-state index contributed by atoms with van der Waals surface area (Å²) < 4.78 is 20.6. The molecule has 0 saturated heterocycles. The molecule has 6 nitrogen and oxygen atoms in total. The number of unbranched alkanes of at least 4 members (excludes halogenated alkanes) is 1. The van der Waals surface area contributed by atoms with E-state index in [2.05, 4.69) is 4.74 Å². The average molecular weight is 312 g/mol. The van der Waals surface area contributed by atoms with Gasteiger partial charge < -0.3 is 24.1 Å². The average Bonchev–Trinajstić information content (AvgIpc) is 2.56. The van der Waals surface area contributed by atoms with Crippen LogP contribution < -0.4 is 4.74 Å². The van der Waals surface area contributed by atoms with E-state index in [0.29, 0.717) is 32.8 Å². The van der Waals surface area contributed by atoms with Crippen molar-refractivity contribution in [3.05, 3.63) is 30.3 Å². The number of aliphatic hydroxyl groups is 1. The Morgan fingerprint density at radius 2 is 1.73 bits per heavy atom. The number of rotatable bonds is 14. The third kappa shape index (κ3) is 9.33. The number of ether oxygens (including phenoxy) is 4. The van der Waals surface area contributed by atoms with Crippen LogP contribution in [0.15, 0.2) is 30.3 Å². The molecule has 124 valence electrons. The molecule has 0 aliphatic carbocycles. The minimum absolute atomic E-state index is 0.259. The number of carbonyl (C=O) groups excluding carboxylic acids is 1. The van der Waals surface area contributed by atoms with Crippen molar-refractivity contribution in [3.8, 4) is 5.75 Å². The fraction of sp³-hybridized carbons (Fsp3) is 0.562. The lowest BCUT2D eigenvalue weighted by Crippen LogP contribution is -2.22. The molecule has 0 aliphatic rings. The summed E-state index contributed by atoms with van der Waals surface area (Å²) in [6.07, 6.45) is 1.67. The van der Waals surface area contributed by atoms with Crippen molar-refractivity contribution >= 4 is 6.47 Å². The van der Waals surface area contributed by atoms with E-state index in [9.17, 15) is 4.79 Å². The van der Waals surface area contributed by atoms with Crippen molar-refractivity contribution in [1.29, 1.82) is 0 Å². The molecule has 1 N–H and O–H groups in total. The topological polar surface area (TPSA) is 74.2 Å². The Balaban J connectivity index is 1.84. The molecular weight excluding hydrogens is 288 g/mol. The lowest BCUT2D eigenvalue weighted by Gasteiger charge is -2.12. The summed E-state index contributed by atoms with van der Waals surface area (Å²) >= 11 is 0. The van der Waals surface area contributed by atoms with Gasteiger partial charge in [0.05, 0.1) is 13.2 Å². The maximum absolute atomic E-state index is 10.1. The van der Waals surface area contributed by atoms with E-state index >= 15 is 0 Å². The SMILES string of the molecule is O=COC(CO)OCCCOCCCCOc1ccccc1. The highest BCUT2D eigenvalue weighted by Gasteiger charge is 2.06. The molecule has 0 fully saturated rings. The summed E-state index contributed by atoms with van der Waals surface area (Å²) in [5, 5.41) is 8.81. The standard InChI is InChI=1S/C16H24O6/c17-13-16(22-14-18)21-12-6-10-19-9-4-5-11-20-15-7-2-1-3-8-15/h1-3,7-8,14,16-17H,4-6,9-13H2. The smallest absolute Gasteiger partial charge is 0.295 e. The maximum Gasteiger partial charge on any atom is 0.295 e. The molecule has 1 unspecified atom stereocenters. The zero-order valence-electron chi connectivity index (χ0n) is 12.7. The molecular formula is C16H24O6. The van der Waals surface area contributed by atoms with Crippen LogP contribution in [0.4, 0.5) is 0 Å². The van der Waals surface area contributed by atoms with E-state index in [0.717, 1.165) is 18.6 Å². The Bertz CT molecular complexity index is 370. The van der Waals surface area contributed by atoms with Gasteiger partial charge in [-0.15, -0.1) is 0 Å². The number of hydrogen-bond acceptors (Lipinski definition) is 6. The Morgan fingerprint density at radius 1 is 1.00 bits per heavy atom. The van der Waals surface area contributed by atoms with Gasteiger partial charge in [0.25, 0.3) is 6.47 Å². The van der Waals surface area contributed by atoms with E-state index in [1.165, 1.54) is 0 Å². The van der Waals surface area contributed by atoms with Crippen molar-refractivity contribution in [3.63, 3.8) is 0 Å². The Labute approximate surface area is 130 Å². The molecule has 1 aromatic carbocycles. The minimum atomic E-state index is -0.882. The van der Waals surface area contributed by atoms with Gasteiger partial charge >= 0.3 is 0 Å². The maximum atomic E-state index is 10.1. The molecule has 6 heteroatoms. The first kappa shape index (κ1) is 18.4. The highest BCUT2D eigenvalue weighted by atomic mass is 16.7. The monoisotopic (exact) mass is 312 g/mol. The fourth-order valence-electron chi connectivity index (χ4n) is 1.69. The molecule has 0 bridgehead atoms. The second-order valence-corrected chi connectivity index (χ2v) is 4.55. The van der Waals surface area contributed by atoms with Crippen LogP contribution in [0, 0.1) is 0 Å². The second kappa shape index (κ2) is 13.1. The van der Waals surface area contributed by atoms with E-state index in [1.807, 2.05) is 30.3 Å². The molecule has 0 spiro atoms. The van der Waals surface area contributed by atoms with Crippen LogP contribution in [0.5, 0.6) is 5.75 Å². The third-order valence-corrected chi connectivity index (χ3v) is 2.79. The van der Waals surface area contributed by atoms with Crippen LogP contribution in [-0.2, 0) is 19.0 Å². The lowest BCUT2D eigenvalue weighted by molar-refractivity contribution is -0.173. The van der Waals surface area contributed by atoms with Crippen LogP contribution in [0.3, 0.4) is 0 Å². The highest BCUT2D eigenvalue weighted by Crippen LogP contribution is 2.08. The number of aliphatic hydroxyl groups excluding tert-OH is 1. The van der Waals surface area contributed by atoms with Crippen LogP contribution in [0.2, 0.25) is 0 Å². The number of para-hydroxylation sites is 1. The van der Waals surface area contributed by atoms with Gasteiger partial charge in [0.1, 0.15) is 12.4 Å². The first-order valence-electron chi connectivity index (χ1n) is 7.44. The van der Waals surface area contributed by atoms with Crippen LogP contribution in [0.1, 0.15) is 19.3 Å². The lowest BCUT2D eigenvalue weighted by atomic mass is 10.3. The number of benzene rings is 1. The summed E-state index contributed by atoms with van der Waals surface area (Å²) in [4.78, 5) is 10.1. The summed E-state index contributed by atoms with van der Waals surface area (Å²) in [7, 11) is 0. The molecule has 0 heterocycles. The van der Waals surface area contributed by atoms with E-state index in [1.54, 1.807) is 0 Å². The van der Waals surface area contributed by atoms with Crippen molar-refractivity contribution in [2.45, 2.75) is 25.6 Å². The van der Waals surface area contributed by atoms with Gasteiger partial charge in [0.15, 0.2) is 0 Å². The quantitative estimate of drug-likeness (QED) is 0.320. The first-order valence-corrected chi connectivity index (χ1v) is 7.44. The normalized spacial score (nSPS) is 11.9. The van der Waals surface area contributed by atoms with Gasteiger partial charge in [-0.1, -0.05) is 18.2 Å². The van der Waals surface area contributed by atoms with Gasteiger partial charge in [-0.05, 0) is 31.4 Å². The van der Waals surface area contributed by atoms with Gasteiger partial charge in [0, 0.05) is 13.2 Å². The zero-order valence-corrected chi connectivity index (χ0v) is 12.7. The largest absolute Gasteiger partial charge is 0.494 e. The van der Waals surface area contributed by atoms with Crippen molar-refractivity contribution in [1.82, 2.24) is 0 Å². The Morgan fingerprint density at radius 3 is 2.45 bits per heavy atom. The van der Waals surface area contributed by atoms with Gasteiger partial charge in [-0.3, -0.25) is 4.79 Å². The molecule has 0 amide bonds. The summed E-state index contributed by atoms with van der Waals surface area (Å²) in [6.45, 7) is 2.20. The van der Waals surface area contributed by atoms with Crippen LogP contribution in [-0.4, -0.2) is 50.9 Å². The molecule has 1 rings (SSSR count). The predicted molar refractivity (Wildman–Crippen MR) is 80.6 cm³/mol. The van der Waals surface area contributed by atoms with E-state index < -0.39 is 6.29 Å². The molecule has 1 atom stereocenters. The second-order valence-electron chi connectivity index (χ2n) is 4.55. The molecule has 0 aromatic heterocycles. The predicted octanol–water partition coefficient (Wildman–Crippen LogP) is 1.76. The highest BCUT2D eigenvalue weighted by molar-refractivity contribution is 5.37. The minimum Gasteiger partial charge on any atom is -0.494 e. The number of hydrogen-bond donors (Lipinski definition) is 1. The Hall–Kier alpha value is -1.63. The fourth-order valence-corrected chi connectivity index (χ4v) is 1.69. The summed E-state index contributed by atoms with van der Waals surface area (Å²) in [5.41, 5.74) is 0. The molecule has 0 radical (unpaired) electrons. The van der Waals surface area contributed by atoms with E-state index in [4.69, 9.17) is 19.3 Å². The molecule has 1 aromatic rings. The summed E-state index contributed by atoms with van der Waals surface area (Å²) in [6, 6.07) is 9.72. The van der Waals surface area contributed by atoms with E-state index in [-0.39, 0.29) is 13.1 Å². The van der Waals surface area contributed by atoms with Crippen molar-refractivity contribution < 1.29 is 28.8 Å². The summed E-state index contributed by atoms with van der Waals surface area (Å²) in [5.74, 6) is 0.886. The van der Waals surface area contributed by atoms with Gasteiger partial charge in [0.2, 0.25) is 6.29 Å². The Kier molecular flexibility index (Phi) is 10.9. The molecule has 0 aliphatic heterocycles. The molecule has 22 heavy (non-hydrogen) atoms. The zero-order chi connectivity index (χ0) is 15.9. The van der Waals surface area contributed by atoms with Gasteiger partial charge in [-0.25, -0.2) is 0 Å². The van der Waals surface area contributed by atoms with Crippen LogP contribution >= 0.6 is 0 Å². The molecule has 0 saturated carbocycles. The van der Waals surface area contributed by atoms with Crippen molar-refractivity contribution in [2.24, 2.45) is 0 Å².